The second kappa shape index (κ2) is 4.47. The van der Waals surface area contributed by atoms with Gasteiger partial charge in [0, 0.05) is 24.8 Å². The van der Waals surface area contributed by atoms with Crippen molar-refractivity contribution in [3.8, 4) is 0 Å². The molecule has 0 N–H and O–H groups in total. The summed E-state index contributed by atoms with van der Waals surface area (Å²) in [6.45, 7) is 6.01. The number of nitrogens with zero attached hydrogens (tertiary/aromatic N) is 2. The van der Waals surface area contributed by atoms with Crippen molar-refractivity contribution in [3.63, 3.8) is 0 Å². The highest BCUT2D eigenvalue weighted by Gasteiger charge is 2.04. The molecule has 0 unspecified atom stereocenters. The van der Waals surface area contributed by atoms with Gasteiger partial charge in [0.15, 0.2) is 0 Å². The third-order valence-corrected chi connectivity index (χ3v) is 2.20. The Morgan fingerprint density at radius 3 is 2.64 bits per heavy atom. The van der Waals surface area contributed by atoms with Gasteiger partial charge in [-0.3, -0.25) is 0 Å². The minimum absolute atomic E-state index is 0.767. The van der Waals surface area contributed by atoms with E-state index in [1.165, 1.54) is 0 Å². The zero-order chi connectivity index (χ0) is 10.7. The molecular formula is C11H15ClN2. The Kier molecular flexibility index (Phi) is 3.53. The number of hydrogen-bond donors (Lipinski definition) is 0. The lowest BCUT2D eigenvalue weighted by Crippen LogP contribution is -1.87. The first-order valence-corrected chi connectivity index (χ1v) is 5.13. The molecule has 76 valence electrons. The number of rotatable bonds is 0. The molecule has 14 heavy (non-hydrogen) atoms. The van der Waals surface area contributed by atoms with E-state index in [1.54, 1.807) is 0 Å². The average molecular weight is 211 g/mol. The van der Waals surface area contributed by atoms with E-state index >= 15 is 0 Å². The molecule has 0 aliphatic heterocycles. The van der Waals surface area contributed by atoms with Gasteiger partial charge >= 0.3 is 0 Å². The molecule has 0 aromatic carbocycles. The summed E-state index contributed by atoms with van der Waals surface area (Å²) in [6, 6.07) is 2.05. The first kappa shape index (κ1) is 11.1. The molecule has 2 aromatic heterocycles. The van der Waals surface area contributed by atoms with Gasteiger partial charge in [0.05, 0.1) is 5.02 Å². The molecule has 0 amide bonds. The molecule has 0 saturated carbocycles. The molecule has 2 rings (SSSR count). The van der Waals surface area contributed by atoms with Crippen LogP contribution in [0.25, 0.3) is 11.0 Å². The van der Waals surface area contributed by atoms with E-state index in [9.17, 15) is 0 Å². The lowest BCUT2D eigenvalue weighted by Gasteiger charge is -1.94. The largest absolute Gasteiger partial charge is 0.334 e. The van der Waals surface area contributed by atoms with Crippen LogP contribution in [0.2, 0.25) is 5.02 Å². The third-order valence-electron chi connectivity index (χ3n) is 1.90. The Morgan fingerprint density at radius 2 is 2.00 bits per heavy atom. The molecule has 0 bridgehead atoms. The Hall–Kier alpha value is -1.02. The van der Waals surface area contributed by atoms with Crippen LogP contribution >= 0.6 is 11.6 Å². The SMILES string of the molecule is CC.Cc1cnc2c(c1)c(Cl)cn2C. The Balaban J connectivity index is 0.000000461. The van der Waals surface area contributed by atoms with Gasteiger partial charge in [-0.25, -0.2) is 4.98 Å². The van der Waals surface area contributed by atoms with Crippen molar-refractivity contribution in [3.05, 3.63) is 29.0 Å². The molecule has 0 aliphatic rings. The number of aryl methyl sites for hydroxylation is 2. The van der Waals surface area contributed by atoms with E-state index in [-0.39, 0.29) is 0 Å². The highest BCUT2D eigenvalue weighted by Crippen LogP contribution is 2.23. The van der Waals surface area contributed by atoms with Gasteiger partial charge in [0.2, 0.25) is 0 Å². The van der Waals surface area contributed by atoms with Crippen molar-refractivity contribution in [2.45, 2.75) is 20.8 Å². The van der Waals surface area contributed by atoms with Crippen LogP contribution < -0.4 is 0 Å². The van der Waals surface area contributed by atoms with Gasteiger partial charge in [-0.05, 0) is 18.6 Å². The topological polar surface area (TPSA) is 17.8 Å². The van der Waals surface area contributed by atoms with Gasteiger partial charge in [-0.2, -0.15) is 0 Å². The van der Waals surface area contributed by atoms with E-state index in [1.807, 2.05) is 50.8 Å². The molecule has 0 atom stereocenters. The van der Waals surface area contributed by atoms with Crippen LogP contribution in [0.1, 0.15) is 19.4 Å². The fraction of sp³-hybridized carbons (Fsp3) is 0.364. The van der Waals surface area contributed by atoms with E-state index in [2.05, 4.69) is 4.98 Å². The van der Waals surface area contributed by atoms with Crippen LogP contribution in [0, 0.1) is 6.92 Å². The summed E-state index contributed by atoms with van der Waals surface area (Å²) in [7, 11) is 1.94. The second-order valence-corrected chi connectivity index (χ2v) is 3.38. The highest BCUT2D eigenvalue weighted by molar-refractivity contribution is 6.35. The molecule has 2 aromatic rings. The normalized spacial score (nSPS) is 9.79. The summed E-state index contributed by atoms with van der Waals surface area (Å²) in [5.74, 6) is 0. The minimum Gasteiger partial charge on any atom is -0.334 e. The molecule has 0 fully saturated rings. The summed E-state index contributed by atoms with van der Waals surface area (Å²) in [6.07, 6.45) is 3.72. The van der Waals surface area contributed by atoms with Crippen LogP contribution in [0.5, 0.6) is 0 Å². The van der Waals surface area contributed by atoms with Crippen molar-refractivity contribution in [2.24, 2.45) is 7.05 Å². The number of halogens is 1. The maximum atomic E-state index is 5.99. The molecule has 3 heteroatoms. The van der Waals surface area contributed by atoms with Crippen molar-refractivity contribution >= 4 is 22.6 Å². The quantitative estimate of drug-likeness (QED) is 0.650. The van der Waals surface area contributed by atoms with Crippen molar-refractivity contribution < 1.29 is 0 Å². The van der Waals surface area contributed by atoms with Gasteiger partial charge in [0.1, 0.15) is 5.65 Å². The van der Waals surface area contributed by atoms with Crippen molar-refractivity contribution in [1.82, 2.24) is 9.55 Å². The fourth-order valence-electron chi connectivity index (χ4n) is 1.32. The Bertz CT molecular complexity index is 432. The smallest absolute Gasteiger partial charge is 0.141 e. The average Bonchev–Trinajstić information content (AvgIpc) is 2.46. The van der Waals surface area contributed by atoms with Crippen molar-refractivity contribution in [1.29, 1.82) is 0 Å². The summed E-state index contributed by atoms with van der Waals surface area (Å²) in [4.78, 5) is 4.28. The maximum absolute atomic E-state index is 5.99. The fourth-order valence-corrected chi connectivity index (χ4v) is 1.60. The van der Waals surface area contributed by atoms with Crippen LogP contribution in [-0.4, -0.2) is 9.55 Å². The first-order chi connectivity index (χ1) is 6.68. The monoisotopic (exact) mass is 210 g/mol. The van der Waals surface area contributed by atoms with E-state index < -0.39 is 0 Å². The predicted octanol–water partition coefficient (Wildman–Crippen LogP) is 3.56. The predicted molar refractivity (Wildman–Crippen MR) is 61.8 cm³/mol. The first-order valence-electron chi connectivity index (χ1n) is 4.75. The second-order valence-electron chi connectivity index (χ2n) is 2.97. The van der Waals surface area contributed by atoms with E-state index in [0.29, 0.717) is 0 Å². The Labute approximate surface area is 89.5 Å². The Morgan fingerprint density at radius 1 is 1.36 bits per heavy atom. The number of fused-ring (bicyclic) bond motifs is 1. The zero-order valence-corrected chi connectivity index (χ0v) is 9.76. The molecule has 0 spiro atoms. The van der Waals surface area contributed by atoms with Gasteiger partial charge in [-0.15, -0.1) is 0 Å². The molecule has 0 saturated heterocycles. The summed E-state index contributed by atoms with van der Waals surface area (Å²) < 4.78 is 1.93. The molecule has 0 radical (unpaired) electrons. The molecular weight excluding hydrogens is 196 g/mol. The summed E-state index contributed by atoms with van der Waals surface area (Å²) >= 11 is 5.99. The summed E-state index contributed by atoms with van der Waals surface area (Å²) in [5.41, 5.74) is 2.07. The van der Waals surface area contributed by atoms with Gasteiger partial charge < -0.3 is 4.57 Å². The lowest BCUT2D eigenvalue weighted by molar-refractivity contribution is 0.947. The molecule has 2 nitrogen and oxygen atoms in total. The molecule has 0 aliphatic carbocycles. The highest BCUT2D eigenvalue weighted by atomic mass is 35.5. The number of hydrogen-bond acceptors (Lipinski definition) is 1. The van der Waals surface area contributed by atoms with E-state index in [4.69, 9.17) is 11.6 Å². The lowest BCUT2D eigenvalue weighted by atomic mass is 10.2. The van der Waals surface area contributed by atoms with Gasteiger partial charge in [-0.1, -0.05) is 25.4 Å². The van der Waals surface area contributed by atoms with Crippen LogP contribution in [0.4, 0.5) is 0 Å². The van der Waals surface area contributed by atoms with Gasteiger partial charge in [0.25, 0.3) is 0 Å². The number of aromatic nitrogens is 2. The zero-order valence-electron chi connectivity index (χ0n) is 9.00. The van der Waals surface area contributed by atoms with Crippen LogP contribution in [0.3, 0.4) is 0 Å². The van der Waals surface area contributed by atoms with E-state index in [0.717, 1.165) is 21.6 Å². The molecule has 2 heterocycles. The van der Waals surface area contributed by atoms with Crippen LogP contribution in [0.15, 0.2) is 18.5 Å². The third kappa shape index (κ3) is 1.90. The van der Waals surface area contributed by atoms with Crippen molar-refractivity contribution in [2.75, 3.05) is 0 Å². The van der Waals surface area contributed by atoms with Crippen LogP contribution in [-0.2, 0) is 7.05 Å². The summed E-state index contributed by atoms with van der Waals surface area (Å²) in [5, 5.41) is 1.79. The number of pyridine rings is 1. The standard InChI is InChI=1S/C9H9ClN2.C2H6/c1-6-3-7-8(10)5-12(2)9(7)11-4-6;1-2/h3-5H,1-2H3;1-2H3. The maximum Gasteiger partial charge on any atom is 0.141 e. The minimum atomic E-state index is 0.767.